The first-order valence-corrected chi connectivity index (χ1v) is 9.87. The Morgan fingerprint density at radius 2 is 1.45 bits per heavy atom. The van der Waals surface area contributed by atoms with Gasteiger partial charge in [0.2, 0.25) is 11.6 Å². The molecule has 0 radical (unpaired) electrons. The highest BCUT2D eigenvalue weighted by molar-refractivity contribution is 5.76. The molecule has 0 aliphatic rings. The summed E-state index contributed by atoms with van der Waals surface area (Å²) in [4.78, 5) is 18.9. The lowest BCUT2D eigenvalue weighted by atomic mass is 10.2. The topological polar surface area (TPSA) is 111 Å². The fourth-order valence-electron chi connectivity index (χ4n) is 2.72. The molecule has 0 spiro atoms. The normalized spacial score (nSPS) is 11.0. The summed E-state index contributed by atoms with van der Waals surface area (Å²) in [5, 5.41) is 17.3. The van der Waals surface area contributed by atoms with Gasteiger partial charge in [-0.25, -0.2) is 9.97 Å². The summed E-state index contributed by atoms with van der Waals surface area (Å²) in [6, 6.07) is 11.6. The molecule has 3 rings (SSSR count). The first kappa shape index (κ1) is 23.6. The molecule has 2 aromatic carbocycles. The number of nitrogens with zero attached hydrogens (tertiary/aromatic N) is 3. The molecule has 3 aromatic rings. The third kappa shape index (κ3) is 6.95. The van der Waals surface area contributed by atoms with E-state index >= 15 is 0 Å². The van der Waals surface area contributed by atoms with Crippen LogP contribution in [-0.4, -0.2) is 27.9 Å². The standard InChI is InChI=1S/C21H20F3N5O4/c1-2-3-12-32-16-8-4-14(5-9-16)27-19-18(29(30)31)20(26-13-25-19)28-15-6-10-17(11-7-15)33-21(22,23)24/h4-11,13H,2-3,12H2,1H3,(H2,25,26,27,28). The van der Waals surface area contributed by atoms with E-state index in [1.807, 2.05) is 0 Å². The van der Waals surface area contributed by atoms with Gasteiger partial charge in [0, 0.05) is 11.4 Å². The van der Waals surface area contributed by atoms with Crippen molar-refractivity contribution in [2.75, 3.05) is 17.2 Å². The third-order valence-electron chi connectivity index (χ3n) is 4.24. The number of aromatic nitrogens is 2. The average Bonchev–Trinajstić information content (AvgIpc) is 2.75. The zero-order valence-corrected chi connectivity index (χ0v) is 17.4. The molecule has 12 heteroatoms. The summed E-state index contributed by atoms with van der Waals surface area (Å²) < 4.78 is 46.3. The van der Waals surface area contributed by atoms with Crippen molar-refractivity contribution < 1.29 is 27.6 Å². The second kappa shape index (κ2) is 10.5. The van der Waals surface area contributed by atoms with Crippen LogP contribution in [-0.2, 0) is 0 Å². The minimum Gasteiger partial charge on any atom is -0.494 e. The number of rotatable bonds is 10. The highest BCUT2D eigenvalue weighted by Crippen LogP contribution is 2.34. The van der Waals surface area contributed by atoms with Crippen LogP contribution in [0.2, 0.25) is 0 Å². The van der Waals surface area contributed by atoms with Crippen molar-refractivity contribution in [2.45, 2.75) is 26.1 Å². The molecule has 0 saturated heterocycles. The van der Waals surface area contributed by atoms with Crippen LogP contribution >= 0.6 is 0 Å². The van der Waals surface area contributed by atoms with Crippen molar-refractivity contribution in [3.8, 4) is 11.5 Å². The summed E-state index contributed by atoms with van der Waals surface area (Å²) in [7, 11) is 0. The molecule has 33 heavy (non-hydrogen) atoms. The quantitative estimate of drug-likeness (QED) is 0.216. The second-order valence-electron chi connectivity index (χ2n) is 6.73. The molecule has 0 atom stereocenters. The predicted molar refractivity (Wildman–Crippen MR) is 115 cm³/mol. The van der Waals surface area contributed by atoms with Crippen LogP contribution < -0.4 is 20.1 Å². The van der Waals surface area contributed by atoms with Crippen molar-refractivity contribution in [2.24, 2.45) is 0 Å². The molecule has 0 amide bonds. The molecule has 2 N–H and O–H groups in total. The van der Waals surface area contributed by atoms with Gasteiger partial charge in [-0.05, 0) is 55.0 Å². The SMILES string of the molecule is CCCCOc1ccc(Nc2ncnc(Nc3ccc(OC(F)(F)F)cc3)c2[N+](=O)[O-])cc1. The second-order valence-corrected chi connectivity index (χ2v) is 6.73. The van der Waals surface area contributed by atoms with Crippen LogP contribution in [0.15, 0.2) is 54.9 Å². The minimum absolute atomic E-state index is 0.0609. The molecule has 0 fully saturated rings. The van der Waals surface area contributed by atoms with Crippen LogP contribution in [0.1, 0.15) is 19.8 Å². The molecule has 0 aliphatic heterocycles. The highest BCUT2D eigenvalue weighted by Gasteiger charge is 2.31. The Morgan fingerprint density at radius 3 is 1.91 bits per heavy atom. The Hall–Kier alpha value is -4.09. The van der Waals surface area contributed by atoms with Crippen molar-refractivity contribution in [3.05, 3.63) is 65.0 Å². The van der Waals surface area contributed by atoms with Crippen LogP contribution in [0.4, 0.5) is 41.9 Å². The molecule has 1 heterocycles. The summed E-state index contributed by atoms with van der Waals surface area (Å²) in [5.41, 5.74) is 0.376. The number of hydrogen-bond donors (Lipinski definition) is 2. The Bertz CT molecular complexity index is 1080. The molecule has 0 saturated carbocycles. The number of unbranched alkanes of at least 4 members (excludes halogenated alkanes) is 1. The molecule has 0 bridgehead atoms. The average molecular weight is 463 g/mol. The monoisotopic (exact) mass is 463 g/mol. The van der Waals surface area contributed by atoms with Gasteiger partial charge in [-0.15, -0.1) is 13.2 Å². The number of alkyl halides is 3. The van der Waals surface area contributed by atoms with E-state index in [0.717, 1.165) is 31.3 Å². The minimum atomic E-state index is -4.82. The molecule has 174 valence electrons. The third-order valence-corrected chi connectivity index (χ3v) is 4.24. The lowest BCUT2D eigenvalue weighted by molar-refractivity contribution is -0.383. The summed E-state index contributed by atoms with van der Waals surface area (Å²) in [5.74, 6) is 0.0527. The smallest absolute Gasteiger partial charge is 0.494 e. The predicted octanol–water partition coefficient (Wildman–Crippen LogP) is 5.95. The Kier molecular flexibility index (Phi) is 7.49. The largest absolute Gasteiger partial charge is 0.573 e. The number of benzene rings is 2. The lowest BCUT2D eigenvalue weighted by Crippen LogP contribution is -2.17. The number of nitro groups is 1. The summed E-state index contributed by atoms with van der Waals surface area (Å²) in [6.07, 6.45) is -1.75. The summed E-state index contributed by atoms with van der Waals surface area (Å²) >= 11 is 0. The molecule has 0 aliphatic carbocycles. The maximum Gasteiger partial charge on any atom is 0.573 e. The van der Waals surface area contributed by atoms with Gasteiger partial charge in [0.15, 0.2) is 0 Å². The van der Waals surface area contributed by atoms with E-state index < -0.39 is 22.7 Å². The maximum absolute atomic E-state index is 12.3. The zero-order valence-electron chi connectivity index (χ0n) is 17.4. The molecule has 9 nitrogen and oxygen atoms in total. The van der Waals surface area contributed by atoms with Crippen molar-refractivity contribution in [1.29, 1.82) is 0 Å². The molecular formula is C21H20F3N5O4. The number of nitrogens with one attached hydrogen (secondary N) is 2. The Labute approximate surface area is 186 Å². The fourth-order valence-corrected chi connectivity index (χ4v) is 2.72. The number of anilines is 4. The molecular weight excluding hydrogens is 443 g/mol. The van der Waals surface area contributed by atoms with Gasteiger partial charge >= 0.3 is 12.0 Å². The van der Waals surface area contributed by atoms with Gasteiger partial charge in [0.1, 0.15) is 17.8 Å². The van der Waals surface area contributed by atoms with E-state index in [-0.39, 0.29) is 17.3 Å². The van der Waals surface area contributed by atoms with Gasteiger partial charge in [-0.3, -0.25) is 10.1 Å². The van der Waals surface area contributed by atoms with Crippen LogP contribution in [0, 0.1) is 10.1 Å². The van der Waals surface area contributed by atoms with Crippen molar-refractivity contribution >= 4 is 28.7 Å². The summed E-state index contributed by atoms with van der Waals surface area (Å²) in [6.45, 7) is 2.66. The molecule has 0 unspecified atom stereocenters. The first-order valence-electron chi connectivity index (χ1n) is 9.87. The highest BCUT2D eigenvalue weighted by atomic mass is 19.4. The van der Waals surface area contributed by atoms with Crippen LogP contribution in [0.25, 0.3) is 0 Å². The number of hydrogen-bond acceptors (Lipinski definition) is 8. The van der Waals surface area contributed by atoms with E-state index in [4.69, 9.17) is 4.74 Å². The van der Waals surface area contributed by atoms with E-state index in [1.165, 1.54) is 12.1 Å². The van der Waals surface area contributed by atoms with Gasteiger partial charge in [0.05, 0.1) is 11.5 Å². The van der Waals surface area contributed by atoms with Crippen LogP contribution in [0.5, 0.6) is 11.5 Å². The van der Waals surface area contributed by atoms with Crippen molar-refractivity contribution in [1.82, 2.24) is 9.97 Å². The lowest BCUT2D eigenvalue weighted by Gasteiger charge is -2.12. The maximum atomic E-state index is 12.3. The fraction of sp³-hybridized carbons (Fsp3) is 0.238. The van der Waals surface area contributed by atoms with E-state index in [2.05, 4.69) is 32.3 Å². The molecule has 1 aromatic heterocycles. The van der Waals surface area contributed by atoms with Gasteiger partial charge in [-0.1, -0.05) is 13.3 Å². The van der Waals surface area contributed by atoms with Crippen molar-refractivity contribution in [3.63, 3.8) is 0 Å². The van der Waals surface area contributed by atoms with E-state index in [0.29, 0.717) is 18.0 Å². The van der Waals surface area contributed by atoms with Gasteiger partial charge < -0.3 is 20.1 Å². The van der Waals surface area contributed by atoms with E-state index in [1.54, 1.807) is 24.3 Å². The first-order chi connectivity index (χ1) is 15.7. The van der Waals surface area contributed by atoms with E-state index in [9.17, 15) is 23.3 Å². The zero-order chi connectivity index (χ0) is 23.8. The number of halogens is 3. The number of ether oxygens (including phenoxy) is 2. The Balaban J connectivity index is 1.76. The van der Waals surface area contributed by atoms with Gasteiger partial charge in [-0.2, -0.15) is 0 Å². The van der Waals surface area contributed by atoms with Gasteiger partial charge in [0.25, 0.3) is 0 Å². The van der Waals surface area contributed by atoms with Crippen LogP contribution in [0.3, 0.4) is 0 Å². The Morgan fingerprint density at radius 1 is 0.939 bits per heavy atom.